The van der Waals surface area contributed by atoms with Crippen LogP contribution in [-0.2, 0) is 34.8 Å². The van der Waals surface area contributed by atoms with Crippen molar-refractivity contribution in [2.24, 2.45) is 0 Å². The highest BCUT2D eigenvalue weighted by atomic mass is 16.6. The topological polar surface area (TPSA) is 260 Å². The van der Waals surface area contributed by atoms with Crippen LogP contribution in [-0.4, -0.2) is 71.6 Å². The molecule has 1 aliphatic carbocycles. The van der Waals surface area contributed by atoms with Gasteiger partial charge in [0.15, 0.2) is 0 Å². The molecule has 17 aromatic carbocycles. The molecule has 0 atom stereocenters. The smallest absolute Gasteiger partial charge is 0.347 e. The summed E-state index contributed by atoms with van der Waals surface area (Å²) in [6, 6.07) is 87.4. The van der Waals surface area contributed by atoms with Gasteiger partial charge in [-0.25, -0.2) is 57.5 Å². The molecule has 6 heterocycles. The van der Waals surface area contributed by atoms with Crippen LogP contribution in [0.25, 0.3) is 119 Å². The number of esters is 12. The second-order valence-electron chi connectivity index (χ2n) is 27.3. The van der Waals surface area contributed by atoms with Crippen molar-refractivity contribution in [3.05, 3.63) is 357 Å². The molecule has 0 aromatic heterocycles. The quantitative estimate of drug-likeness (QED) is 0.0449. The normalized spacial score (nSPS) is 14.1. The average Bonchev–Trinajstić information content (AvgIpc) is 1.48. The first-order valence-electron chi connectivity index (χ1n) is 35.6. The van der Waals surface area contributed by atoms with Crippen LogP contribution in [0.3, 0.4) is 0 Å². The average molecular weight is 1480 g/mol. The number of rotatable bonds is 0. The SMILES string of the molecule is O=C1OC(=O)c2c1c1ccccc1c1ccccc21.O=C1OC(=O)c2c1ccc1c2-c2ccccc2C1.O=C1OC(=O)c2c1ccc1c2ccc2ccccc21.O=C1OC(=O)c2c3ccccc3cc3cccc1c23.O=C1OC(=O)c2cc3c(ccc4ccccc43)cc21.O=C1OC(=O)c2cc3ccccc3c3cccc1c23. The van der Waals surface area contributed by atoms with Crippen LogP contribution in [0.4, 0.5) is 0 Å². The molecule has 0 saturated heterocycles. The molecule has 113 heavy (non-hydrogen) atoms. The van der Waals surface area contributed by atoms with E-state index in [1.54, 1.807) is 48.5 Å². The van der Waals surface area contributed by atoms with Gasteiger partial charge in [0.05, 0.1) is 66.8 Å². The number of benzene rings is 17. The summed E-state index contributed by atoms with van der Waals surface area (Å²) in [5.74, 6) is -6.68. The van der Waals surface area contributed by atoms with Crippen molar-refractivity contribution in [1.82, 2.24) is 0 Å². The highest BCUT2D eigenvalue weighted by Crippen LogP contribution is 2.44. The number of ether oxygens (including phenoxy) is 6. The van der Waals surface area contributed by atoms with Crippen LogP contribution in [0, 0.1) is 0 Å². The van der Waals surface area contributed by atoms with Crippen molar-refractivity contribution >= 4 is 179 Å². The summed E-state index contributed by atoms with van der Waals surface area (Å²) < 4.78 is 28.4. The van der Waals surface area contributed by atoms with Gasteiger partial charge in [-0.15, -0.1) is 0 Å². The fourth-order valence-electron chi connectivity index (χ4n) is 16.2. The number of carbonyl (C=O) groups excluding carboxylic acids is 12. The molecule has 17 aromatic rings. The molecular weight excluding hydrogens is 1430 g/mol. The Balaban J connectivity index is 0.0000000911. The van der Waals surface area contributed by atoms with Gasteiger partial charge in [-0.3, -0.25) is 0 Å². The van der Waals surface area contributed by atoms with E-state index in [0.717, 1.165) is 120 Å². The molecule has 24 rings (SSSR count). The fourth-order valence-corrected chi connectivity index (χ4v) is 16.2. The minimum Gasteiger partial charge on any atom is -0.386 e. The Labute approximate surface area is 636 Å². The van der Waals surface area contributed by atoms with E-state index in [9.17, 15) is 57.5 Å². The predicted octanol–water partition coefficient (Wildman–Crippen LogP) is 19.1. The zero-order valence-corrected chi connectivity index (χ0v) is 58.6. The zero-order valence-electron chi connectivity index (χ0n) is 58.6. The maximum Gasteiger partial charge on any atom is 0.347 e. The number of hydrogen-bond donors (Lipinski definition) is 0. The number of cyclic esters (lactones) is 12. The van der Waals surface area contributed by atoms with Gasteiger partial charge in [-0.1, -0.05) is 231 Å². The van der Waals surface area contributed by atoms with Crippen molar-refractivity contribution in [1.29, 1.82) is 0 Å². The van der Waals surface area contributed by atoms with E-state index in [4.69, 9.17) is 18.9 Å². The van der Waals surface area contributed by atoms with Crippen molar-refractivity contribution in [2.45, 2.75) is 6.42 Å². The third kappa shape index (κ3) is 11.1. The summed E-state index contributed by atoms with van der Waals surface area (Å²) in [6.07, 6.45) is 0.806. The Kier molecular flexibility index (Phi) is 15.9. The Bertz CT molecular complexity index is 7220. The number of fused-ring (bicyclic) bond motifs is 24. The third-order valence-corrected chi connectivity index (χ3v) is 21.1. The van der Waals surface area contributed by atoms with Crippen LogP contribution >= 0.6 is 0 Å². The van der Waals surface area contributed by atoms with Gasteiger partial charge in [-0.05, 0) is 169 Å². The zero-order chi connectivity index (χ0) is 77.2. The van der Waals surface area contributed by atoms with Gasteiger partial charge < -0.3 is 28.4 Å². The highest BCUT2D eigenvalue weighted by Gasteiger charge is 2.39. The summed E-state index contributed by atoms with van der Waals surface area (Å²) in [5.41, 5.74) is 9.09. The highest BCUT2D eigenvalue weighted by molar-refractivity contribution is 6.32. The van der Waals surface area contributed by atoms with E-state index in [1.165, 1.54) is 5.56 Å². The standard InChI is InChI=1S/5C16H8O3.C15H8O3/c17-15-13-11-7-3-1-5-9(11)10-6-2-4-8-12(10)14(13)16(18)19-15;17-15-12-7-3-5-10-8-9-4-1-2-6-11(9)14(13(10)12)16(18)19-15;17-15-12-7-3-6-11-10-5-2-1-4-9(10)8-13(14(11)12)16(18)19-15;17-15-13-7-10-6-5-9-3-1-2-4-11(9)12(10)8-14(13)16(18)19-15;17-15-13-8-7-11-10-4-2-1-3-9(10)5-6-12(11)14(13)16(18)19-15;16-14-11-6-5-9-7-8-3-1-2-4-10(8)12(9)13(11)15(17)18-14/h5*1-8H;1-6H,7H2. The number of carbonyl (C=O) groups is 12. The molecule has 0 radical (unpaired) electrons. The Morgan fingerprint density at radius 2 is 0.513 bits per heavy atom. The lowest BCUT2D eigenvalue weighted by molar-refractivity contribution is 0.0374. The van der Waals surface area contributed by atoms with Gasteiger partial charge >= 0.3 is 71.6 Å². The second-order valence-corrected chi connectivity index (χ2v) is 27.3. The lowest BCUT2D eigenvalue weighted by Gasteiger charge is -2.17. The maximum atomic E-state index is 12.1. The molecule has 0 amide bonds. The third-order valence-electron chi connectivity index (χ3n) is 21.1. The van der Waals surface area contributed by atoms with Gasteiger partial charge in [0, 0.05) is 16.3 Å². The largest absolute Gasteiger partial charge is 0.386 e. The van der Waals surface area contributed by atoms with Gasteiger partial charge in [0.1, 0.15) is 0 Å². The minimum atomic E-state index is -0.571. The molecular formula is C95H48O18. The second kappa shape index (κ2) is 26.5. The molecule has 0 N–H and O–H groups in total. The number of hydrogen-bond acceptors (Lipinski definition) is 18. The summed E-state index contributed by atoms with van der Waals surface area (Å²) in [4.78, 5) is 141. The lowest BCUT2D eigenvalue weighted by atomic mass is 9.92. The molecule has 0 spiro atoms. The maximum absolute atomic E-state index is 12.1. The molecule has 0 saturated carbocycles. The van der Waals surface area contributed by atoms with Crippen molar-refractivity contribution < 1.29 is 86.0 Å². The van der Waals surface area contributed by atoms with Crippen molar-refractivity contribution in [3.8, 4) is 11.1 Å². The lowest BCUT2D eigenvalue weighted by Crippen LogP contribution is -2.19. The summed E-state index contributed by atoms with van der Waals surface area (Å²) in [5, 5.41) is 18.4. The van der Waals surface area contributed by atoms with Gasteiger partial charge in [-0.2, -0.15) is 0 Å². The first kappa shape index (κ1) is 67.8. The molecule has 0 fully saturated rings. The Morgan fingerprint density at radius 1 is 0.159 bits per heavy atom. The minimum absolute atomic E-state index is 0.354. The summed E-state index contributed by atoms with van der Waals surface area (Å²) in [7, 11) is 0. The van der Waals surface area contributed by atoms with E-state index in [-0.39, 0.29) is 0 Å². The van der Waals surface area contributed by atoms with E-state index in [0.29, 0.717) is 77.5 Å². The first-order chi connectivity index (χ1) is 55.0. The molecule has 7 aliphatic rings. The van der Waals surface area contributed by atoms with Crippen LogP contribution < -0.4 is 0 Å². The van der Waals surface area contributed by atoms with E-state index >= 15 is 0 Å². The fraction of sp³-hybridized carbons (Fsp3) is 0.0105. The monoisotopic (exact) mass is 1480 g/mol. The van der Waals surface area contributed by atoms with Gasteiger partial charge in [0.25, 0.3) is 0 Å². The van der Waals surface area contributed by atoms with E-state index in [1.807, 2.05) is 231 Å². The van der Waals surface area contributed by atoms with E-state index < -0.39 is 71.6 Å². The molecule has 6 aliphatic heterocycles. The van der Waals surface area contributed by atoms with Crippen molar-refractivity contribution in [3.63, 3.8) is 0 Å². The van der Waals surface area contributed by atoms with Crippen LogP contribution in [0.2, 0.25) is 0 Å². The summed E-state index contributed by atoms with van der Waals surface area (Å²) >= 11 is 0. The molecule has 18 heteroatoms. The predicted molar refractivity (Wildman–Crippen MR) is 420 cm³/mol. The molecule has 0 bridgehead atoms. The summed E-state index contributed by atoms with van der Waals surface area (Å²) in [6.45, 7) is 0. The Morgan fingerprint density at radius 3 is 1.16 bits per heavy atom. The van der Waals surface area contributed by atoms with Crippen LogP contribution in [0.5, 0.6) is 0 Å². The Hall–Kier alpha value is -15.8. The van der Waals surface area contributed by atoms with Crippen LogP contribution in [0.1, 0.15) is 135 Å². The van der Waals surface area contributed by atoms with E-state index in [2.05, 4.69) is 9.47 Å². The van der Waals surface area contributed by atoms with Gasteiger partial charge in [0.2, 0.25) is 0 Å². The molecule has 0 unspecified atom stereocenters. The first-order valence-corrected chi connectivity index (χ1v) is 35.6. The van der Waals surface area contributed by atoms with Crippen molar-refractivity contribution in [2.75, 3.05) is 0 Å². The molecule has 536 valence electrons. The molecule has 18 nitrogen and oxygen atoms in total. The van der Waals surface area contributed by atoms with Crippen LogP contribution in [0.15, 0.2) is 279 Å².